The van der Waals surface area contributed by atoms with E-state index < -0.39 is 5.97 Å². The van der Waals surface area contributed by atoms with Crippen LogP contribution in [-0.2, 0) is 4.79 Å². The zero-order valence-corrected chi connectivity index (χ0v) is 9.93. The van der Waals surface area contributed by atoms with Gasteiger partial charge in [-0.05, 0) is 26.4 Å². The van der Waals surface area contributed by atoms with Crippen LogP contribution in [0.4, 0.5) is 0 Å². The van der Waals surface area contributed by atoms with Gasteiger partial charge in [0.2, 0.25) is 0 Å². The van der Waals surface area contributed by atoms with Crippen LogP contribution in [0.25, 0.3) is 0 Å². The summed E-state index contributed by atoms with van der Waals surface area (Å²) in [6, 6.07) is 0.103. The number of aliphatic carboxylic acids is 1. The average molecular weight is 230 g/mol. The highest BCUT2D eigenvalue weighted by Crippen LogP contribution is 2.09. The molecule has 1 rings (SSSR count). The minimum atomic E-state index is -0.732. The summed E-state index contributed by atoms with van der Waals surface area (Å²) in [4.78, 5) is 15.1. The molecule has 1 saturated heterocycles. The summed E-state index contributed by atoms with van der Waals surface area (Å²) in [6.45, 7) is 6.66. The van der Waals surface area contributed by atoms with Gasteiger partial charge in [-0.15, -0.1) is 0 Å². The molecule has 0 bridgehead atoms. The molecule has 0 saturated carbocycles. The number of carboxylic acid groups (broad SMARTS) is 1. The number of rotatable bonds is 5. The normalized spacial score (nSPS) is 21.6. The van der Waals surface area contributed by atoms with E-state index in [1.54, 1.807) is 0 Å². The molecule has 0 aliphatic carbocycles. The van der Waals surface area contributed by atoms with Crippen molar-refractivity contribution >= 4 is 5.97 Å². The number of hydrogen-bond acceptors (Lipinski definition) is 4. The Labute approximate surface area is 96.7 Å². The van der Waals surface area contributed by atoms with Gasteiger partial charge in [0.15, 0.2) is 0 Å². The molecular weight excluding hydrogens is 208 g/mol. The van der Waals surface area contributed by atoms with E-state index in [4.69, 9.17) is 10.2 Å². The minimum Gasteiger partial charge on any atom is -0.481 e. The van der Waals surface area contributed by atoms with Gasteiger partial charge in [-0.3, -0.25) is 14.6 Å². The van der Waals surface area contributed by atoms with Crippen molar-refractivity contribution in [3.63, 3.8) is 0 Å². The van der Waals surface area contributed by atoms with E-state index in [0.29, 0.717) is 0 Å². The summed E-state index contributed by atoms with van der Waals surface area (Å²) in [5.41, 5.74) is 0. The van der Waals surface area contributed by atoms with Gasteiger partial charge in [-0.25, -0.2) is 0 Å². The number of β-amino-alcohol motifs (C(OH)–C–C–N with tert-alkyl or cyclic N) is 1. The maximum absolute atomic E-state index is 10.6. The van der Waals surface area contributed by atoms with Crippen LogP contribution >= 0.6 is 0 Å². The van der Waals surface area contributed by atoms with E-state index in [9.17, 15) is 4.79 Å². The monoisotopic (exact) mass is 230 g/mol. The van der Waals surface area contributed by atoms with Crippen LogP contribution in [0.3, 0.4) is 0 Å². The maximum Gasteiger partial charge on any atom is 0.304 e. The summed E-state index contributed by atoms with van der Waals surface area (Å²) in [5.74, 6) is -0.732. The Morgan fingerprint density at radius 1 is 1.31 bits per heavy atom. The van der Waals surface area contributed by atoms with Crippen LogP contribution in [-0.4, -0.2) is 71.4 Å². The van der Waals surface area contributed by atoms with Crippen LogP contribution < -0.4 is 0 Å². The van der Waals surface area contributed by atoms with Gasteiger partial charge in [-0.1, -0.05) is 0 Å². The molecule has 1 aliphatic heterocycles. The third-order valence-electron chi connectivity index (χ3n) is 3.13. The van der Waals surface area contributed by atoms with E-state index in [1.165, 1.54) is 0 Å². The molecule has 0 aromatic rings. The molecule has 0 aromatic carbocycles. The molecule has 0 radical (unpaired) electrons. The number of nitrogens with zero attached hydrogens (tertiary/aromatic N) is 2. The van der Waals surface area contributed by atoms with E-state index in [2.05, 4.69) is 9.80 Å². The van der Waals surface area contributed by atoms with Crippen molar-refractivity contribution in [3.8, 4) is 0 Å². The fourth-order valence-corrected chi connectivity index (χ4v) is 2.18. The molecule has 1 fully saturated rings. The van der Waals surface area contributed by atoms with E-state index in [1.807, 2.05) is 6.92 Å². The first-order chi connectivity index (χ1) is 7.63. The number of carbonyl (C=O) groups is 1. The van der Waals surface area contributed by atoms with Gasteiger partial charge in [0.05, 0.1) is 13.0 Å². The van der Waals surface area contributed by atoms with Gasteiger partial charge < -0.3 is 10.2 Å². The summed E-state index contributed by atoms with van der Waals surface area (Å²) in [5, 5.41) is 17.6. The van der Waals surface area contributed by atoms with Crippen molar-refractivity contribution in [1.82, 2.24) is 9.80 Å². The van der Waals surface area contributed by atoms with E-state index >= 15 is 0 Å². The first-order valence-electron chi connectivity index (χ1n) is 5.92. The SMILES string of the molecule is CC(CC(=O)O)N1CCCN(CCO)CC1. The van der Waals surface area contributed by atoms with E-state index in [0.717, 1.165) is 39.1 Å². The molecule has 1 unspecified atom stereocenters. The number of aliphatic hydroxyl groups is 1. The number of hydrogen-bond donors (Lipinski definition) is 2. The Kier molecular flexibility index (Phi) is 5.73. The number of aliphatic hydroxyl groups excluding tert-OH is 1. The first kappa shape index (κ1) is 13.4. The third-order valence-corrected chi connectivity index (χ3v) is 3.13. The zero-order chi connectivity index (χ0) is 12.0. The average Bonchev–Trinajstić information content (AvgIpc) is 2.43. The fourth-order valence-electron chi connectivity index (χ4n) is 2.18. The van der Waals surface area contributed by atoms with Crippen molar-refractivity contribution < 1.29 is 15.0 Å². The second kappa shape index (κ2) is 6.83. The van der Waals surface area contributed by atoms with Gasteiger partial charge in [0, 0.05) is 25.7 Å². The predicted octanol–water partition coefficient (Wildman–Crippen LogP) is -0.150. The highest BCUT2D eigenvalue weighted by molar-refractivity contribution is 5.67. The second-order valence-electron chi connectivity index (χ2n) is 4.40. The Hall–Kier alpha value is -0.650. The van der Waals surface area contributed by atoms with Crippen molar-refractivity contribution in [1.29, 1.82) is 0 Å². The lowest BCUT2D eigenvalue weighted by molar-refractivity contribution is -0.138. The molecule has 0 amide bonds. The van der Waals surface area contributed by atoms with Gasteiger partial charge >= 0.3 is 5.97 Å². The topological polar surface area (TPSA) is 64.0 Å². The number of carboxylic acids is 1. The highest BCUT2D eigenvalue weighted by Gasteiger charge is 2.20. The summed E-state index contributed by atoms with van der Waals surface area (Å²) in [7, 11) is 0. The standard InChI is InChI=1S/C11H22N2O3/c1-10(9-11(15)16)13-4-2-3-12(5-6-13)7-8-14/h10,14H,2-9H2,1H3,(H,15,16). The molecule has 16 heavy (non-hydrogen) atoms. The van der Waals surface area contributed by atoms with Crippen molar-refractivity contribution in [2.45, 2.75) is 25.8 Å². The Morgan fingerprint density at radius 2 is 2.06 bits per heavy atom. The second-order valence-corrected chi connectivity index (χ2v) is 4.40. The largest absolute Gasteiger partial charge is 0.481 e. The van der Waals surface area contributed by atoms with Crippen LogP contribution in [0.1, 0.15) is 19.8 Å². The van der Waals surface area contributed by atoms with Gasteiger partial charge in [0.1, 0.15) is 0 Å². The van der Waals surface area contributed by atoms with Crippen LogP contribution in [0.15, 0.2) is 0 Å². The Bertz CT molecular complexity index is 223. The summed E-state index contributed by atoms with van der Waals surface area (Å²) >= 11 is 0. The first-order valence-corrected chi connectivity index (χ1v) is 5.92. The maximum atomic E-state index is 10.6. The molecule has 2 N–H and O–H groups in total. The highest BCUT2D eigenvalue weighted by atomic mass is 16.4. The molecular formula is C11H22N2O3. The molecule has 1 heterocycles. The van der Waals surface area contributed by atoms with Crippen molar-refractivity contribution in [2.75, 3.05) is 39.3 Å². The van der Waals surface area contributed by atoms with Crippen LogP contribution in [0.5, 0.6) is 0 Å². The lowest BCUT2D eigenvalue weighted by Gasteiger charge is -2.26. The molecule has 0 spiro atoms. The molecule has 0 aromatic heterocycles. The molecule has 5 heteroatoms. The van der Waals surface area contributed by atoms with Gasteiger partial charge in [-0.2, -0.15) is 0 Å². The van der Waals surface area contributed by atoms with Crippen molar-refractivity contribution in [2.24, 2.45) is 0 Å². The van der Waals surface area contributed by atoms with Crippen LogP contribution in [0.2, 0.25) is 0 Å². The Balaban J connectivity index is 2.37. The van der Waals surface area contributed by atoms with E-state index in [-0.39, 0.29) is 19.1 Å². The smallest absolute Gasteiger partial charge is 0.304 e. The quantitative estimate of drug-likeness (QED) is 0.687. The molecule has 94 valence electrons. The lowest BCUT2D eigenvalue weighted by Crippen LogP contribution is -2.38. The minimum absolute atomic E-state index is 0.103. The fraction of sp³-hybridized carbons (Fsp3) is 0.909. The molecule has 1 atom stereocenters. The zero-order valence-electron chi connectivity index (χ0n) is 9.93. The summed E-state index contributed by atoms with van der Waals surface area (Å²) < 4.78 is 0. The molecule has 1 aliphatic rings. The summed E-state index contributed by atoms with van der Waals surface area (Å²) in [6.07, 6.45) is 1.25. The van der Waals surface area contributed by atoms with Crippen molar-refractivity contribution in [3.05, 3.63) is 0 Å². The Morgan fingerprint density at radius 3 is 2.69 bits per heavy atom. The predicted molar refractivity (Wildman–Crippen MR) is 61.4 cm³/mol. The molecule has 5 nitrogen and oxygen atoms in total. The van der Waals surface area contributed by atoms with Gasteiger partial charge in [0.25, 0.3) is 0 Å². The van der Waals surface area contributed by atoms with Crippen LogP contribution in [0, 0.1) is 0 Å². The lowest BCUT2D eigenvalue weighted by atomic mass is 10.2. The third kappa shape index (κ3) is 4.47.